The fourth-order valence-corrected chi connectivity index (χ4v) is 2.61. The molecule has 30 heavy (non-hydrogen) atoms. The van der Waals surface area contributed by atoms with E-state index in [2.05, 4.69) is 25.3 Å². The van der Waals surface area contributed by atoms with Gasteiger partial charge in [-0.3, -0.25) is 14.8 Å². The minimum atomic E-state index is -0.915. The summed E-state index contributed by atoms with van der Waals surface area (Å²) < 4.78 is 0. The smallest absolute Gasteiger partial charge is 0.299 e. The number of guanidine groups is 1. The molecule has 0 aliphatic carbocycles. The Bertz CT molecular complexity index is 1150. The molecule has 0 fully saturated rings. The van der Waals surface area contributed by atoms with Crippen LogP contribution in [0, 0.1) is 10.1 Å². The molecule has 1 heterocycles. The number of carbonyl (C=O) groups excluding carboxylic acids is 1. The summed E-state index contributed by atoms with van der Waals surface area (Å²) in [4.78, 5) is 30.5. The first-order valence-corrected chi connectivity index (χ1v) is 8.51. The Kier molecular flexibility index (Phi) is 5.89. The molecule has 0 spiro atoms. The number of nitrogens with zero attached hydrogens (tertiary/aromatic N) is 3. The fourth-order valence-electron chi connectivity index (χ4n) is 2.61. The number of hydrogen-bond donors (Lipinski definition) is 5. The molecule has 0 unspecified atom stereocenters. The van der Waals surface area contributed by atoms with Crippen LogP contribution in [0.2, 0.25) is 0 Å². The SMILES string of the molecule is C/C(=N\N=C(N)NO)c1ccc(NC(=O)c2cc3cccc(O[N+](=O)[O-])c3[nH]2)cc1. The van der Waals surface area contributed by atoms with Gasteiger partial charge in [-0.2, -0.15) is 5.10 Å². The molecule has 0 aliphatic heterocycles. The summed E-state index contributed by atoms with van der Waals surface area (Å²) in [6, 6.07) is 13.1. The highest BCUT2D eigenvalue weighted by Gasteiger charge is 2.13. The lowest BCUT2D eigenvalue weighted by Gasteiger charge is -2.05. The Morgan fingerprint density at radius 1 is 1.23 bits per heavy atom. The first-order valence-electron chi connectivity index (χ1n) is 8.51. The van der Waals surface area contributed by atoms with E-state index in [0.717, 1.165) is 5.56 Å². The van der Waals surface area contributed by atoms with Crippen molar-refractivity contribution in [2.45, 2.75) is 6.92 Å². The van der Waals surface area contributed by atoms with E-state index in [1.54, 1.807) is 54.9 Å². The maximum atomic E-state index is 12.5. The first kappa shape index (κ1) is 20.3. The second-order valence-corrected chi connectivity index (χ2v) is 6.03. The summed E-state index contributed by atoms with van der Waals surface area (Å²) in [7, 11) is 0. The number of aromatic nitrogens is 1. The van der Waals surface area contributed by atoms with Crippen molar-refractivity contribution in [1.82, 2.24) is 10.5 Å². The van der Waals surface area contributed by atoms with E-state index in [0.29, 0.717) is 22.3 Å². The van der Waals surface area contributed by atoms with Gasteiger partial charge in [0.25, 0.3) is 11.0 Å². The van der Waals surface area contributed by atoms with Crippen molar-refractivity contribution in [1.29, 1.82) is 0 Å². The summed E-state index contributed by atoms with van der Waals surface area (Å²) in [6.07, 6.45) is 0. The van der Waals surface area contributed by atoms with Crippen LogP contribution < -0.4 is 21.4 Å². The monoisotopic (exact) mass is 411 g/mol. The van der Waals surface area contributed by atoms with E-state index in [1.807, 2.05) is 0 Å². The van der Waals surface area contributed by atoms with E-state index in [1.165, 1.54) is 6.07 Å². The van der Waals surface area contributed by atoms with E-state index >= 15 is 0 Å². The number of benzene rings is 2. The maximum absolute atomic E-state index is 12.5. The van der Waals surface area contributed by atoms with Crippen LogP contribution in [0.5, 0.6) is 5.75 Å². The van der Waals surface area contributed by atoms with Gasteiger partial charge in [0.15, 0.2) is 0 Å². The van der Waals surface area contributed by atoms with Crippen LogP contribution in [-0.2, 0) is 0 Å². The van der Waals surface area contributed by atoms with Crippen molar-refractivity contribution in [3.63, 3.8) is 0 Å². The number of nitrogens with two attached hydrogens (primary N) is 1. The van der Waals surface area contributed by atoms with Crippen molar-refractivity contribution in [2.75, 3.05) is 5.32 Å². The molecule has 0 bridgehead atoms. The molecule has 0 radical (unpaired) electrons. The second kappa shape index (κ2) is 8.70. The molecule has 2 aromatic carbocycles. The molecule has 1 aromatic heterocycles. The lowest BCUT2D eigenvalue weighted by Crippen LogP contribution is -2.27. The van der Waals surface area contributed by atoms with Crippen LogP contribution in [0.25, 0.3) is 10.9 Å². The molecule has 6 N–H and O–H groups in total. The average molecular weight is 411 g/mol. The van der Waals surface area contributed by atoms with Crippen LogP contribution in [-0.4, -0.2) is 32.9 Å². The predicted molar refractivity (Wildman–Crippen MR) is 109 cm³/mol. The summed E-state index contributed by atoms with van der Waals surface area (Å²) >= 11 is 0. The molecule has 3 rings (SSSR count). The lowest BCUT2D eigenvalue weighted by atomic mass is 10.1. The third-order valence-corrected chi connectivity index (χ3v) is 4.02. The van der Waals surface area contributed by atoms with E-state index in [-0.39, 0.29) is 17.4 Å². The first-order chi connectivity index (χ1) is 14.4. The Labute approximate surface area is 169 Å². The molecule has 1 amide bonds. The van der Waals surface area contributed by atoms with Gasteiger partial charge in [-0.25, -0.2) is 5.48 Å². The molecule has 0 aliphatic rings. The Morgan fingerprint density at radius 3 is 2.63 bits per heavy atom. The van der Waals surface area contributed by atoms with Crippen LogP contribution in [0.4, 0.5) is 5.69 Å². The highest BCUT2D eigenvalue weighted by atomic mass is 17.0. The van der Waals surface area contributed by atoms with E-state index < -0.39 is 11.0 Å². The zero-order valence-electron chi connectivity index (χ0n) is 15.6. The highest BCUT2D eigenvalue weighted by Crippen LogP contribution is 2.26. The number of hydroxylamine groups is 1. The standard InChI is InChI=1S/C18H17N7O5/c1-10(22-23-18(19)24-27)11-5-7-13(8-6-11)20-17(26)14-9-12-3-2-4-15(16(12)21-14)30-25(28)29/h2-9,21,27H,1H3,(H,20,26)(H3,19,23,24)/b22-10+. The number of carbonyl (C=O) groups is 1. The third kappa shape index (κ3) is 4.69. The van der Waals surface area contributed by atoms with Crippen LogP contribution >= 0.6 is 0 Å². The molecule has 0 saturated carbocycles. The zero-order valence-corrected chi connectivity index (χ0v) is 15.6. The number of H-pyrrole nitrogens is 1. The Morgan fingerprint density at radius 2 is 1.97 bits per heavy atom. The highest BCUT2D eigenvalue weighted by molar-refractivity contribution is 6.07. The van der Waals surface area contributed by atoms with Gasteiger partial charge in [0.2, 0.25) is 5.96 Å². The number of anilines is 1. The molecule has 12 heteroatoms. The quantitative estimate of drug-likeness (QED) is 0.178. The van der Waals surface area contributed by atoms with Gasteiger partial charge in [0.05, 0.1) is 11.2 Å². The minimum Gasteiger partial charge on any atom is -0.367 e. The fraction of sp³-hybridized carbons (Fsp3) is 0.0556. The predicted octanol–water partition coefficient (Wildman–Crippen LogP) is 2.01. The average Bonchev–Trinajstić information content (AvgIpc) is 3.17. The molecular formula is C18H17N7O5. The number of amides is 1. The number of rotatable bonds is 6. The molecule has 0 atom stereocenters. The van der Waals surface area contributed by atoms with Gasteiger partial charge in [-0.15, -0.1) is 15.2 Å². The summed E-state index contributed by atoms with van der Waals surface area (Å²) in [6.45, 7) is 1.71. The largest absolute Gasteiger partial charge is 0.367 e. The number of aromatic amines is 1. The van der Waals surface area contributed by atoms with Crippen LogP contribution in [0.3, 0.4) is 0 Å². The second-order valence-electron chi connectivity index (χ2n) is 6.03. The Balaban J connectivity index is 1.75. The van der Waals surface area contributed by atoms with Crippen molar-refractivity contribution < 1.29 is 19.9 Å². The maximum Gasteiger partial charge on any atom is 0.299 e. The van der Waals surface area contributed by atoms with E-state index in [4.69, 9.17) is 10.9 Å². The Hall–Kier alpha value is -4.45. The summed E-state index contributed by atoms with van der Waals surface area (Å²) in [5.74, 6) is -0.665. The number of fused-ring (bicyclic) bond motifs is 1. The molecule has 12 nitrogen and oxygen atoms in total. The van der Waals surface area contributed by atoms with Crippen molar-refractivity contribution in [3.05, 3.63) is 69.9 Å². The van der Waals surface area contributed by atoms with Crippen molar-refractivity contribution in [3.8, 4) is 5.75 Å². The third-order valence-electron chi connectivity index (χ3n) is 4.02. The van der Waals surface area contributed by atoms with Crippen LogP contribution in [0.15, 0.2) is 58.7 Å². The lowest BCUT2D eigenvalue weighted by molar-refractivity contribution is -0.710. The molecule has 154 valence electrons. The van der Waals surface area contributed by atoms with Gasteiger partial charge in [0.1, 0.15) is 11.4 Å². The zero-order chi connectivity index (χ0) is 21.7. The van der Waals surface area contributed by atoms with Gasteiger partial charge >= 0.3 is 0 Å². The van der Waals surface area contributed by atoms with Gasteiger partial charge in [-0.05, 0) is 36.8 Å². The normalized spacial score (nSPS) is 11.9. The van der Waals surface area contributed by atoms with Crippen LogP contribution in [0.1, 0.15) is 23.0 Å². The van der Waals surface area contributed by atoms with E-state index in [9.17, 15) is 14.9 Å². The molecule has 0 saturated heterocycles. The van der Waals surface area contributed by atoms with Crippen molar-refractivity contribution >= 4 is 34.2 Å². The number of para-hydroxylation sites is 1. The van der Waals surface area contributed by atoms with Gasteiger partial charge in [-0.1, -0.05) is 24.3 Å². The number of hydrogen-bond acceptors (Lipinski definition) is 7. The van der Waals surface area contributed by atoms with Crippen molar-refractivity contribution in [2.24, 2.45) is 15.9 Å². The minimum absolute atomic E-state index is 0.00959. The molecular weight excluding hydrogens is 394 g/mol. The summed E-state index contributed by atoms with van der Waals surface area (Å²) in [5, 5.41) is 29.0. The summed E-state index contributed by atoms with van der Waals surface area (Å²) in [5.41, 5.74) is 9.31. The van der Waals surface area contributed by atoms with Gasteiger partial charge < -0.3 is 16.0 Å². The topological polar surface area (TPSA) is 180 Å². The number of nitrogens with one attached hydrogen (secondary N) is 3. The molecule has 3 aromatic rings. The van der Waals surface area contributed by atoms with Gasteiger partial charge in [0, 0.05) is 11.1 Å².